The highest BCUT2D eigenvalue weighted by Gasteiger charge is 2.15. The summed E-state index contributed by atoms with van der Waals surface area (Å²) in [6, 6.07) is 5.20. The molecule has 0 aliphatic heterocycles. The number of hydrogen-bond donors (Lipinski definition) is 0. The minimum atomic E-state index is -3.64. The van der Waals surface area contributed by atoms with Crippen molar-refractivity contribution in [3.8, 4) is 22.8 Å². The summed E-state index contributed by atoms with van der Waals surface area (Å²) in [6.45, 7) is 0. The third-order valence-electron chi connectivity index (χ3n) is 3.31. The zero-order valence-electron chi connectivity index (χ0n) is 14.1. The van der Waals surface area contributed by atoms with E-state index in [2.05, 4.69) is 9.97 Å². The minimum absolute atomic E-state index is 0. The van der Waals surface area contributed by atoms with Crippen molar-refractivity contribution in [3.05, 3.63) is 36.8 Å². The second kappa shape index (κ2) is 7.70. The highest BCUT2D eigenvalue weighted by Crippen LogP contribution is 2.31. The molecule has 26 heavy (non-hydrogen) atoms. The van der Waals surface area contributed by atoms with Gasteiger partial charge in [0.05, 0.1) is 31.5 Å². The van der Waals surface area contributed by atoms with Crippen LogP contribution in [0.3, 0.4) is 0 Å². The molecule has 0 aliphatic carbocycles. The second-order valence-electron chi connectivity index (χ2n) is 5.23. The molecule has 3 rings (SSSR count). The maximum absolute atomic E-state index is 11.6. The highest BCUT2D eigenvalue weighted by molar-refractivity contribution is 7.90. The van der Waals surface area contributed by atoms with Gasteiger partial charge in [-0.05, 0) is 23.3 Å². The molecule has 0 aliphatic rings. The van der Waals surface area contributed by atoms with Gasteiger partial charge < -0.3 is 13.5 Å². The summed E-state index contributed by atoms with van der Waals surface area (Å²) in [5, 5.41) is 0. The van der Waals surface area contributed by atoms with Crippen molar-refractivity contribution >= 4 is 39.5 Å². The average Bonchev–Trinajstić information content (AvgIpc) is 2.95. The standard InChI is InChI=1S/C15H15N3O5S2.ClH/c1-22-14-6-11(24(2)19)4-5-12(14)13-9-18-8-10(23-25(3,20)21)7-16-15(18)17-13;/h4-9H,1-3H3;1H. The van der Waals surface area contributed by atoms with Gasteiger partial charge in [-0.25, -0.2) is 9.97 Å². The van der Waals surface area contributed by atoms with E-state index >= 15 is 0 Å². The van der Waals surface area contributed by atoms with Gasteiger partial charge in [-0.3, -0.25) is 4.40 Å². The first-order valence-electron chi connectivity index (χ1n) is 7.03. The Hall–Kier alpha value is -2.01. The molecule has 0 spiro atoms. The van der Waals surface area contributed by atoms with Crippen LogP contribution in [0, 0.1) is 0 Å². The van der Waals surface area contributed by atoms with Crippen LogP contribution >= 0.6 is 12.4 Å². The lowest BCUT2D eigenvalue weighted by molar-refractivity contribution is 0.415. The van der Waals surface area contributed by atoms with Crippen LogP contribution in [0.5, 0.6) is 11.5 Å². The van der Waals surface area contributed by atoms with Crippen LogP contribution in [-0.4, -0.2) is 47.0 Å². The number of nitrogens with zero attached hydrogens (tertiary/aromatic N) is 3. The normalized spacial score (nSPS) is 12.5. The monoisotopic (exact) mass is 417 g/mol. The summed E-state index contributed by atoms with van der Waals surface area (Å²) in [6.07, 6.45) is 6.99. The molecule has 0 bridgehead atoms. The van der Waals surface area contributed by atoms with Gasteiger partial charge in [0, 0.05) is 17.8 Å². The van der Waals surface area contributed by atoms with Crippen molar-refractivity contribution in [2.45, 2.75) is 4.90 Å². The van der Waals surface area contributed by atoms with Crippen LogP contribution < -0.4 is 8.92 Å². The fourth-order valence-electron chi connectivity index (χ4n) is 2.28. The fraction of sp³-hybridized carbons (Fsp3) is 0.200. The Kier molecular flexibility index (Phi) is 6.02. The summed E-state index contributed by atoms with van der Waals surface area (Å²) < 4.78 is 45.8. The molecular weight excluding hydrogens is 402 g/mol. The maximum Gasteiger partial charge on any atom is 0.306 e. The Labute approximate surface area is 159 Å². The number of ether oxygens (including phenoxy) is 1. The van der Waals surface area contributed by atoms with Gasteiger partial charge in [0.25, 0.3) is 0 Å². The van der Waals surface area contributed by atoms with Crippen LogP contribution in [0.4, 0.5) is 0 Å². The van der Waals surface area contributed by atoms with Crippen LogP contribution in [0.15, 0.2) is 41.7 Å². The summed E-state index contributed by atoms with van der Waals surface area (Å²) in [7, 11) is -2.12. The molecule has 0 fully saturated rings. The zero-order valence-corrected chi connectivity index (χ0v) is 16.5. The Morgan fingerprint density at radius 1 is 1.27 bits per heavy atom. The summed E-state index contributed by atoms with van der Waals surface area (Å²) in [5.41, 5.74) is 1.28. The SMILES string of the molecule is COc1cc([S+](C)[O-])ccc1-c1cn2cc(OS(C)(=O)=O)cnc2n1.Cl. The van der Waals surface area contributed by atoms with Gasteiger partial charge in [0.15, 0.2) is 10.6 Å². The molecule has 0 amide bonds. The number of methoxy groups -OCH3 is 1. The molecule has 2 heterocycles. The van der Waals surface area contributed by atoms with Gasteiger partial charge in [-0.15, -0.1) is 12.4 Å². The van der Waals surface area contributed by atoms with Crippen molar-refractivity contribution in [2.75, 3.05) is 19.6 Å². The first-order chi connectivity index (χ1) is 11.8. The predicted molar refractivity (Wildman–Crippen MR) is 100 cm³/mol. The predicted octanol–water partition coefficient (Wildman–Crippen LogP) is 1.90. The van der Waals surface area contributed by atoms with Crippen molar-refractivity contribution in [2.24, 2.45) is 0 Å². The van der Waals surface area contributed by atoms with E-state index in [-0.39, 0.29) is 18.2 Å². The maximum atomic E-state index is 11.6. The Bertz CT molecular complexity index is 1040. The number of rotatable bonds is 5. The van der Waals surface area contributed by atoms with Crippen molar-refractivity contribution < 1.29 is 21.9 Å². The highest BCUT2D eigenvalue weighted by atomic mass is 35.5. The number of fused-ring (bicyclic) bond motifs is 1. The van der Waals surface area contributed by atoms with Gasteiger partial charge in [0.1, 0.15) is 12.0 Å². The van der Waals surface area contributed by atoms with Crippen molar-refractivity contribution in [1.29, 1.82) is 0 Å². The van der Waals surface area contributed by atoms with Crippen LogP contribution in [0.25, 0.3) is 17.0 Å². The molecular formula is C15H16ClN3O5S2. The van der Waals surface area contributed by atoms with E-state index in [1.807, 2.05) is 0 Å². The summed E-state index contributed by atoms with van der Waals surface area (Å²) in [5.74, 6) is 0.993. The number of hydrogen-bond acceptors (Lipinski definition) is 7. The van der Waals surface area contributed by atoms with Crippen molar-refractivity contribution in [3.63, 3.8) is 0 Å². The topological polar surface area (TPSA) is 106 Å². The third kappa shape index (κ3) is 4.39. The summed E-state index contributed by atoms with van der Waals surface area (Å²) in [4.78, 5) is 9.13. The summed E-state index contributed by atoms with van der Waals surface area (Å²) >= 11 is -1.12. The smallest absolute Gasteiger partial charge is 0.306 e. The molecule has 140 valence electrons. The third-order valence-corrected chi connectivity index (χ3v) is 4.73. The molecule has 3 aromatic rings. The number of benzene rings is 1. The van der Waals surface area contributed by atoms with Gasteiger partial charge in [-0.1, -0.05) is 0 Å². The van der Waals surface area contributed by atoms with Gasteiger partial charge >= 0.3 is 10.1 Å². The lowest BCUT2D eigenvalue weighted by atomic mass is 10.1. The first-order valence-corrected chi connectivity index (χ1v) is 10.4. The Morgan fingerprint density at radius 3 is 2.62 bits per heavy atom. The largest absolute Gasteiger partial charge is 0.612 e. The van der Waals surface area contributed by atoms with E-state index in [4.69, 9.17) is 8.92 Å². The quantitative estimate of drug-likeness (QED) is 0.461. The van der Waals surface area contributed by atoms with E-state index in [1.54, 1.807) is 35.1 Å². The van der Waals surface area contributed by atoms with E-state index in [1.165, 1.54) is 19.5 Å². The van der Waals surface area contributed by atoms with Crippen molar-refractivity contribution in [1.82, 2.24) is 14.4 Å². The molecule has 0 N–H and O–H groups in total. The van der Waals surface area contributed by atoms with Crippen LogP contribution in [0.1, 0.15) is 0 Å². The molecule has 11 heteroatoms. The Balaban J connectivity index is 0.00000243. The van der Waals surface area contributed by atoms with E-state index in [9.17, 15) is 13.0 Å². The fourth-order valence-corrected chi connectivity index (χ4v) is 3.24. The Morgan fingerprint density at radius 2 is 2.00 bits per heavy atom. The zero-order chi connectivity index (χ0) is 18.2. The molecule has 8 nitrogen and oxygen atoms in total. The lowest BCUT2D eigenvalue weighted by Crippen LogP contribution is -2.06. The molecule has 1 unspecified atom stereocenters. The first kappa shape index (κ1) is 20.3. The van der Waals surface area contributed by atoms with E-state index in [0.29, 0.717) is 27.7 Å². The molecule has 1 atom stereocenters. The molecule has 2 aromatic heterocycles. The lowest BCUT2D eigenvalue weighted by Gasteiger charge is -2.09. The number of halogens is 1. The second-order valence-corrected chi connectivity index (χ2v) is 8.18. The number of imidazole rings is 1. The van der Waals surface area contributed by atoms with E-state index in [0.717, 1.165) is 6.26 Å². The van der Waals surface area contributed by atoms with Gasteiger partial charge in [0.2, 0.25) is 5.78 Å². The number of aromatic nitrogens is 3. The van der Waals surface area contributed by atoms with Gasteiger partial charge in [-0.2, -0.15) is 8.42 Å². The van der Waals surface area contributed by atoms with Crippen LogP contribution in [0.2, 0.25) is 0 Å². The molecule has 0 saturated carbocycles. The molecule has 0 saturated heterocycles. The molecule has 0 radical (unpaired) electrons. The van der Waals surface area contributed by atoms with E-state index < -0.39 is 21.3 Å². The van der Waals surface area contributed by atoms with Crippen LogP contribution in [-0.2, 0) is 21.3 Å². The average molecular weight is 418 g/mol. The molecule has 1 aromatic carbocycles. The minimum Gasteiger partial charge on any atom is -0.612 e.